The highest BCUT2D eigenvalue weighted by Crippen LogP contribution is 2.41. The van der Waals surface area contributed by atoms with Crippen molar-refractivity contribution in [2.75, 3.05) is 5.32 Å². The lowest BCUT2D eigenvalue weighted by molar-refractivity contribution is 0.102. The number of hydrogen-bond donors (Lipinski definition) is 2. The number of nitrogens with one attached hydrogen (secondary N) is 2. The molecule has 0 aliphatic carbocycles. The van der Waals surface area contributed by atoms with Gasteiger partial charge < -0.3 is 14.9 Å². The van der Waals surface area contributed by atoms with E-state index < -0.39 is 0 Å². The molecule has 222 valence electrons. The minimum atomic E-state index is -0.319. The van der Waals surface area contributed by atoms with Crippen molar-refractivity contribution in [2.24, 2.45) is 0 Å². The number of fused-ring (bicyclic) bond motifs is 1. The van der Waals surface area contributed by atoms with E-state index in [1.54, 1.807) is 4.68 Å². The summed E-state index contributed by atoms with van der Waals surface area (Å²) in [6.45, 7) is 4.00. The number of aryl methyl sites for hydroxylation is 1. The third kappa shape index (κ3) is 5.41. The molecule has 1 amide bonds. The first kappa shape index (κ1) is 28.6. The van der Waals surface area contributed by atoms with Crippen molar-refractivity contribution in [3.63, 3.8) is 0 Å². The molecule has 7 aromatic rings. The molecule has 9 heteroatoms. The van der Waals surface area contributed by atoms with E-state index in [9.17, 15) is 4.79 Å². The largest absolute Gasteiger partial charge is 0.350 e. The number of carbonyl (C=O) groups excluding carboxylic acids is 1. The zero-order chi connectivity index (χ0) is 31.1. The molecule has 0 radical (unpaired) electrons. The highest BCUT2D eigenvalue weighted by Gasteiger charge is 2.28. The first-order valence-corrected chi connectivity index (χ1v) is 15.3. The number of aromatic nitrogens is 5. The van der Waals surface area contributed by atoms with E-state index in [4.69, 9.17) is 28.2 Å². The second-order valence-corrected chi connectivity index (χ2v) is 11.8. The van der Waals surface area contributed by atoms with Crippen LogP contribution in [0.4, 0.5) is 5.82 Å². The summed E-state index contributed by atoms with van der Waals surface area (Å²) in [6.07, 6.45) is 1.83. The Morgan fingerprint density at radius 1 is 0.867 bits per heavy atom. The normalized spacial score (nSPS) is 12.0. The van der Waals surface area contributed by atoms with E-state index in [1.165, 1.54) is 0 Å². The van der Waals surface area contributed by atoms with E-state index in [0.29, 0.717) is 21.6 Å². The number of aromatic amines is 1. The molecular formula is C36H28Cl2N6O. The van der Waals surface area contributed by atoms with Gasteiger partial charge in [-0.25, -0.2) is 9.67 Å². The lowest BCUT2D eigenvalue weighted by Crippen LogP contribution is -2.17. The maximum absolute atomic E-state index is 14.4. The topological polar surface area (TPSA) is 80.5 Å². The number of amides is 1. The Bertz CT molecular complexity index is 2150. The van der Waals surface area contributed by atoms with Crippen molar-refractivity contribution in [3.8, 4) is 28.2 Å². The summed E-state index contributed by atoms with van der Waals surface area (Å²) in [5.41, 5.74) is 7.00. The molecule has 2 N–H and O–H groups in total. The van der Waals surface area contributed by atoms with Crippen LogP contribution in [-0.2, 0) is 0 Å². The van der Waals surface area contributed by atoms with Gasteiger partial charge in [0.15, 0.2) is 0 Å². The van der Waals surface area contributed by atoms with Gasteiger partial charge in [0, 0.05) is 38.1 Å². The Morgan fingerprint density at radius 2 is 1.56 bits per heavy atom. The van der Waals surface area contributed by atoms with Crippen LogP contribution in [0.3, 0.4) is 0 Å². The van der Waals surface area contributed by atoms with Gasteiger partial charge in [-0.05, 0) is 55.8 Å². The minimum Gasteiger partial charge on any atom is -0.350 e. The molecule has 3 aromatic heterocycles. The summed E-state index contributed by atoms with van der Waals surface area (Å²) in [7, 11) is 0. The van der Waals surface area contributed by atoms with E-state index in [0.717, 1.165) is 50.4 Å². The molecule has 1 atom stereocenters. The number of rotatable bonds is 7. The molecule has 7 rings (SSSR count). The molecule has 0 fully saturated rings. The van der Waals surface area contributed by atoms with Crippen LogP contribution in [0.1, 0.15) is 34.7 Å². The van der Waals surface area contributed by atoms with Gasteiger partial charge in [-0.3, -0.25) is 4.79 Å². The smallest absolute Gasteiger partial charge is 0.273 e. The Morgan fingerprint density at radius 3 is 2.29 bits per heavy atom. The van der Waals surface area contributed by atoms with Crippen LogP contribution < -0.4 is 5.32 Å². The molecule has 0 aliphatic heterocycles. The number of halogens is 2. The predicted molar refractivity (Wildman–Crippen MR) is 181 cm³/mol. The fourth-order valence-electron chi connectivity index (χ4n) is 5.73. The van der Waals surface area contributed by atoms with Gasteiger partial charge in [-0.1, -0.05) is 89.9 Å². The van der Waals surface area contributed by atoms with Gasteiger partial charge in [0.25, 0.3) is 5.91 Å². The van der Waals surface area contributed by atoms with Crippen molar-refractivity contribution < 1.29 is 4.79 Å². The molecule has 7 nitrogen and oxygen atoms in total. The van der Waals surface area contributed by atoms with E-state index in [1.807, 2.05) is 122 Å². The molecule has 0 saturated heterocycles. The average Bonchev–Trinajstić information content (AvgIpc) is 3.76. The Hall–Kier alpha value is -5.11. The third-order valence-corrected chi connectivity index (χ3v) is 8.40. The maximum Gasteiger partial charge on any atom is 0.273 e. The summed E-state index contributed by atoms with van der Waals surface area (Å²) in [4.78, 5) is 22.7. The second kappa shape index (κ2) is 11.8. The molecule has 4 aromatic carbocycles. The van der Waals surface area contributed by atoms with Gasteiger partial charge >= 0.3 is 0 Å². The first-order chi connectivity index (χ1) is 21.9. The molecule has 0 bridgehead atoms. The molecular weight excluding hydrogens is 603 g/mol. The van der Waals surface area contributed by atoms with Gasteiger partial charge in [0.1, 0.15) is 11.5 Å². The summed E-state index contributed by atoms with van der Waals surface area (Å²) in [5, 5.41) is 9.83. The summed E-state index contributed by atoms with van der Waals surface area (Å²) in [5.74, 6) is 0.234. The number of para-hydroxylation sites is 1. The van der Waals surface area contributed by atoms with Crippen molar-refractivity contribution in [1.82, 2.24) is 24.3 Å². The van der Waals surface area contributed by atoms with Crippen LogP contribution in [0, 0.1) is 6.92 Å². The van der Waals surface area contributed by atoms with Crippen LogP contribution in [0.15, 0.2) is 116 Å². The fraction of sp³-hybridized carbons (Fsp3) is 0.0833. The SMILES string of the molecule is Cc1cc(NC(=O)c2[nH]c3cc(Cl)ccc3c2-c2c(-c3ccccc3)ncn2[C@@H](C)c2ccc(Cl)cc2)n(-c2ccccc2)n1. The van der Waals surface area contributed by atoms with Crippen molar-refractivity contribution in [1.29, 1.82) is 0 Å². The first-order valence-electron chi connectivity index (χ1n) is 14.5. The van der Waals surface area contributed by atoms with Crippen molar-refractivity contribution in [3.05, 3.63) is 143 Å². The third-order valence-electron chi connectivity index (χ3n) is 7.91. The van der Waals surface area contributed by atoms with E-state index in [-0.39, 0.29) is 11.9 Å². The highest BCUT2D eigenvalue weighted by atomic mass is 35.5. The molecule has 0 saturated carbocycles. The van der Waals surface area contributed by atoms with Crippen LogP contribution >= 0.6 is 23.2 Å². The number of hydrogen-bond acceptors (Lipinski definition) is 3. The second-order valence-electron chi connectivity index (χ2n) is 10.9. The van der Waals surface area contributed by atoms with Crippen molar-refractivity contribution >= 4 is 45.8 Å². The van der Waals surface area contributed by atoms with Crippen LogP contribution in [-0.4, -0.2) is 30.2 Å². The maximum atomic E-state index is 14.4. The Kier molecular flexibility index (Phi) is 7.49. The summed E-state index contributed by atoms with van der Waals surface area (Å²) < 4.78 is 3.84. The standard InChI is InChI=1S/C36H28Cl2N6O/c1-22-19-31(44(42-22)28-11-7-4-8-12-28)41-36(45)34-32(29-18-17-27(38)20-30(29)40-34)35-33(25-9-5-3-6-10-25)39-21-43(35)23(2)24-13-15-26(37)16-14-24/h3-21,23,40H,1-2H3,(H,41,45)/t23-/m0/s1. The minimum absolute atomic E-state index is 0.127. The van der Waals surface area contributed by atoms with E-state index >= 15 is 0 Å². The van der Waals surface area contributed by atoms with Crippen LogP contribution in [0.5, 0.6) is 0 Å². The molecule has 0 unspecified atom stereocenters. The number of H-pyrrole nitrogens is 1. The average molecular weight is 632 g/mol. The zero-order valence-corrected chi connectivity index (χ0v) is 26.0. The van der Waals surface area contributed by atoms with Gasteiger partial charge in [0.05, 0.1) is 35.1 Å². The quantitative estimate of drug-likeness (QED) is 0.184. The van der Waals surface area contributed by atoms with Crippen LogP contribution in [0.2, 0.25) is 10.0 Å². The van der Waals surface area contributed by atoms with Gasteiger partial charge in [0.2, 0.25) is 0 Å². The van der Waals surface area contributed by atoms with Crippen LogP contribution in [0.25, 0.3) is 39.1 Å². The molecule has 3 heterocycles. The fourth-order valence-corrected chi connectivity index (χ4v) is 6.03. The Labute approximate surface area is 270 Å². The predicted octanol–water partition coefficient (Wildman–Crippen LogP) is 9.36. The number of imidazole rings is 1. The van der Waals surface area contributed by atoms with E-state index in [2.05, 4.69) is 26.9 Å². The monoisotopic (exact) mass is 630 g/mol. The number of benzene rings is 4. The number of nitrogens with zero attached hydrogens (tertiary/aromatic N) is 4. The van der Waals surface area contributed by atoms with Gasteiger partial charge in [-0.2, -0.15) is 5.10 Å². The summed E-state index contributed by atoms with van der Waals surface area (Å²) in [6, 6.07) is 34.8. The number of anilines is 1. The Balaban J connectivity index is 1.43. The van der Waals surface area contributed by atoms with Crippen molar-refractivity contribution in [2.45, 2.75) is 19.9 Å². The molecule has 45 heavy (non-hydrogen) atoms. The molecule has 0 spiro atoms. The zero-order valence-electron chi connectivity index (χ0n) is 24.5. The lowest BCUT2D eigenvalue weighted by atomic mass is 9.99. The van der Waals surface area contributed by atoms with Gasteiger partial charge in [-0.15, -0.1) is 0 Å². The highest BCUT2D eigenvalue weighted by molar-refractivity contribution is 6.31. The summed E-state index contributed by atoms with van der Waals surface area (Å²) >= 11 is 12.7. The number of carbonyl (C=O) groups is 1. The molecule has 0 aliphatic rings. The lowest BCUT2D eigenvalue weighted by Gasteiger charge is -2.19.